The highest BCUT2D eigenvalue weighted by Crippen LogP contribution is 2.20. The van der Waals surface area contributed by atoms with Crippen molar-refractivity contribution in [3.63, 3.8) is 0 Å². The molecule has 0 aliphatic rings. The van der Waals surface area contributed by atoms with Gasteiger partial charge in [0.1, 0.15) is 5.52 Å². The molecule has 3 N–H and O–H groups in total. The van der Waals surface area contributed by atoms with E-state index in [0.29, 0.717) is 22.3 Å². The lowest BCUT2D eigenvalue weighted by molar-refractivity contribution is 0.0998. The molecule has 2 aromatic heterocycles. The van der Waals surface area contributed by atoms with Gasteiger partial charge in [0.05, 0.1) is 11.3 Å². The Hall–Kier alpha value is -4.00. The highest BCUT2D eigenvalue weighted by Gasteiger charge is 2.11. The number of pyridine rings is 1. The largest absolute Gasteiger partial charge is 0.366 e. The standard InChI is InChI=1S/C20H15N5O2/c21-19(26)17-3-1-2-14-12-25(24-18(14)17)16-6-4-15(5-7-16)23-20(27)13-8-10-22-11-9-13/h1-12H,(H2,21,26)(H,23,27). The summed E-state index contributed by atoms with van der Waals surface area (Å²) in [5, 5.41) is 8.11. The minimum absolute atomic E-state index is 0.207. The van der Waals surface area contributed by atoms with E-state index in [0.717, 1.165) is 11.1 Å². The number of aromatic nitrogens is 3. The molecular formula is C20H15N5O2. The van der Waals surface area contributed by atoms with Crippen LogP contribution in [0.1, 0.15) is 20.7 Å². The third kappa shape index (κ3) is 3.25. The van der Waals surface area contributed by atoms with Crippen molar-refractivity contribution in [2.24, 2.45) is 5.73 Å². The molecular weight excluding hydrogens is 342 g/mol. The average Bonchev–Trinajstić information content (AvgIpc) is 3.13. The smallest absolute Gasteiger partial charge is 0.255 e. The van der Waals surface area contributed by atoms with Crippen LogP contribution in [0.4, 0.5) is 5.69 Å². The number of hydrogen-bond acceptors (Lipinski definition) is 4. The quantitative estimate of drug-likeness (QED) is 0.586. The van der Waals surface area contributed by atoms with Crippen LogP contribution in [0.15, 0.2) is 73.2 Å². The number of fused-ring (bicyclic) bond motifs is 1. The Labute approximate surface area is 154 Å². The fraction of sp³-hybridized carbons (Fsp3) is 0. The molecule has 27 heavy (non-hydrogen) atoms. The summed E-state index contributed by atoms with van der Waals surface area (Å²) in [7, 11) is 0. The van der Waals surface area contributed by atoms with E-state index < -0.39 is 5.91 Å². The predicted octanol–water partition coefficient (Wildman–Crippen LogP) is 2.77. The van der Waals surface area contributed by atoms with Crippen LogP contribution in [0.25, 0.3) is 16.6 Å². The lowest BCUT2D eigenvalue weighted by Gasteiger charge is -2.06. The van der Waals surface area contributed by atoms with Crippen LogP contribution in [-0.2, 0) is 0 Å². The summed E-state index contributed by atoms with van der Waals surface area (Å²) < 4.78 is 1.67. The lowest BCUT2D eigenvalue weighted by atomic mass is 10.1. The van der Waals surface area contributed by atoms with E-state index in [9.17, 15) is 9.59 Å². The van der Waals surface area contributed by atoms with Gasteiger partial charge in [-0.05, 0) is 42.5 Å². The maximum atomic E-state index is 12.2. The number of hydrogen-bond donors (Lipinski definition) is 2. The van der Waals surface area contributed by atoms with E-state index >= 15 is 0 Å². The zero-order valence-electron chi connectivity index (χ0n) is 14.2. The van der Waals surface area contributed by atoms with Crippen molar-refractivity contribution in [2.75, 3.05) is 5.32 Å². The Morgan fingerprint density at radius 1 is 0.963 bits per heavy atom. The normalized spacial score (nSPS) is 10.7. The summed E-state index contributed by atoms with van der Waals surface area (Å²) in [6.45, 7) is 0. The maximum absolute atomic E-state index is 12.2. The number of nitrogens with zero attached hydrogens (tertiary/aromatic N) is 3. The second-order valence-electron chi connectivity index (χ2n) is 5.92. The highest BCUT2D eigenvalue weighted by atomic mass is 16.2. The second-order valence-corrected chi connectivity index (χ2v) is 5.92. The van der Waals surface area contributed by atoms with Crippen LogP contribution in [-0.4, -0.2) is 26.6 Å². The number of nitrogens with two attached hydrogens (primary N) is 1. The monoisotopic (exact) mass is 357 g/mol. The number of carbonyl (C=O) groups excluding carboxylic acids is 2. The molecule has 0 spiro atoms. The molecule has 2 aromatic carbocycles. The highest BCUT2D eigenvalue weighted by molar-refractivity contribution is 6.05. The summed E-state index contributed by atoms with van der Waals surface area (Å²) in [6.07, 6.45) is 4.97. The minimum atomic E-state index is -0.514. The second kappa shape index (κ2) is 6.72. The van der Waals surface area contributed by atoms with Crippen molar-refractivity contribution in [1.82, 2.24) is 14.8 Å². The zero-order chi connectivity index (χ0) is 18.8. The summed E-state index contributed by atoms with van der Waals surface area (Å²) >= 11 is 0. The first-order valence-corrected chi connectivity index (χ1v) is 8.22. The van der Waals surface area contributed by atoms with Crippen molar-refractivity contribution in [2.45, 2.75) is 0 Å². The first-order valence-electron chi connectivity index (χ1n) is 8.22. The Morgan fingerprint density at radius 3 is 2.41 bits per heavy atom. The van der Waals surface area contributed by atoms with E-state index in [1.165, 1.54) is 0 Å². The van der Waals surface area contributed by atoms with Gasteiger partial charge in [-0.1, -0.05) is 12.1 Å². The molecule has 4 rings (SSSR count). The number of benzene rings is 2. The number of primary amides is 1. The van der Waals surface area contributed by atoms with Crippen molar-refractivity contribution in [3.8, 4) is 5.69 Å². The maximum Gasteiger partial charge on any atom is 0.255 e. The number of carbonyl (C=O) groups is 2. The fourth-order valence-electron chi connectivity index (χ4n) is 2.78. The van der Waals surface area contributed by atoms with Crippen molar-refractivity contribution in [1.29, 1.82) is 0 Å². The Kier molecular flexibility index (Phi) is 4.10. The predicted molar refractivity (Wildman–Crippen MR) is 102 cm³/mol. The molecule has 0 aliphatic carbocycles. The van der Waals surface area contributed by atoms with E-state index in [-0.39, 0.29) is 5.91 Å². The molecule has 0 bridgehead atoms. The minimum Gasteiger partial charge on any atom is -0.366 e. The summed E-state index contributed by atoms with van der Waals surface area (Å²) in [4.78, 5) is 27.6. The summed E-state index contributed by atoms with van der Waals surface area (Å²) in [6, 6.07) is 15.8. The molecule has 2 heterocycles. The van der Waals surface area contributed by atoms with Gasteiger partial charge >= 0.3 is 0 Å². The van der Waals surface area contributed by atoms with E-state index in [2.05, 4.69) is 15.4 Å². The van der Waals surface area contributed by atoms with E-state index in [1.807, 2.05) is 24.4 Å². The molecule has 0 fully saturated rings. The van der Waals surface area contributed by atoms with Crippen LogP contribution in [0.2, 0.25) is 0 Å². The molecule has 132 valence electrons. The number of rotatable bonds is 4. The average molecular weight is 357 g/mol. The number of anilines is 1. The van der Waals surface area contributed by atoms with Crippen LogP contribution < -0.4 is 11.1 Å². The molecule has 4 aromatic rings. The van der Waals surface area contributed by atoms with Gasteiger partial charge in [-0.2, -0.15) is 5.10 Å². The Bertz CT molecular complexity index is 1130. The SMILES string of the molecule is NC(=O)c1cccc2cn(-c3ccc(NC(=O)c4ccncc4)cc3)nc12. The van der Waals surface area contributed by atoms with Gasteiger partial charge in [-0.25, -0.2) is 4.68 Å². The van der Waals surface area contributed by atoms with Gasteiger partial charge in [0.15, 0.2) is 0 Å². The molecule has 0 radical (unpaired) electrons. The molecule has 0 saturated heterocycles. The first kappa shape index (κ1) is 16.5. The van der Waals surface area contributed by atoms with Crippen molar-refractivity contribution >= 4 is 28.4 Å². The van der Waals surface area contributed by atoms with Crippen molar-refractivity contribution in [3.05, 3.63) is 84.3 Å². The molecule has 0 unspecified atom stereocenters. The Balaban J connectivity index is 1.59. The third-order valence-corrected chi connectivity index (χ3v) is 4.13. The van der Waals surface area contributed by atoms with Crippen molar-refractivity contribution < 1.29 is 9.59 Å². The number of amides is 2. The topological polar surface area (TPSA) is 103 Å². The third-order valence-electron chi connectivity index (χ3n) is 4.13. The van der Waals surface area contributed by atoms with Gasteiger partial charge in [-0.3, -0.25) is 14.6 Å². The molecule has 0 aliphatic heterocycles. The lowest BCUT2D eigenvalue weighted by Crippen LogP contribution is -2.12. The van der Waals surface area contributed by atoms with Gasteiger partial charge in [0.2, 0.25) is 0 Å². The van der Waals surface area contributed by atoms with Crippen LogP contribution >= 0.6 is 0 Å². The molecule has 7 heteroatoms. The first-order chi connectivity index (χ1) is 13.1. The van der Waals surface area contributed by atoms with Gasteiger partial charge in [0.25, 0.3) is 11.8 Å². The summed E-state index contributed by atoms with van der Waals surface area (Å²) in [5.74, 6) is -0.721. The van der Waals surface area contributed by atoms with E-state index in [1.54, 1.807) is 53.5 Å². The number of nitrogens with one attached hydrogen (secondary N) is 1. The van der Waals surface area contributed by atoms with Crippen LogP contribution in [0.5, 0.6) is 0 Å². The summed E-state index contributed by atoms with van der Waals surface area (Å²) in [5.41, 5.74) is 8.34. The van der Waals surface area contributed by atoms with Gasteiger partial charge < -0.3 is 11.1 Å². The van der Waals surface area contributed by atoms with E-state index in [4.69, 9.17) is 5.73 Å². The van der Waals surface area contributed by atoms with Gasteiger partial charge in [0, 0.05) is 35.2 Å². The fourth-order valence-corrected chi connectivity index (χ4v) is 2.78. The zero-order valence-corrected chi connectivity index (χ0v) is 14.2. The molecule has 0 saturated carbocycles. The van der Waals surface area contributed by atoms with Crippen LogP contribution in [0.3, 0.4) is 0 Å². The molecule has 0 atom stereocenters. The Morgan fingerprint density at radius 2 is 1.70 bits per heavy atom. The molecule has 7 nitrogen and oxygen atoms in total. The van der Waals surface area contributed by atoms with Gasteiger partial charge in [-0.15, -0.1) is 0 Å². The van der Waals surface area contributed by atoms with Crippen LogP contribution in [0, 0.1) is 0 Å². The molecule has 2 amide bonds.